The largest absolute Gasteiger partial charge is 0.508 e. The molecule has 3 rings (SSSR count). The van der Waals surface area contributed by atoms with Gasteiger partial charge >= 0.3 is 7.82 Å². The number of aldehydes is 1. The van der Waals surface area contributed by atoms with Gasteiger partial charge in [0.2, 0.25) is 47.3 Å². The summed E-state index contributed by atoms with van der Waals surface area (Å²) in [5.74, 6) is -8.93. The van der Waals surface area contributed by atoms with Crippen molar-refractivity contribution >= 4 is 67.3 Å². The number of aliphatic imine (C=N–C) groups is 1. The van der Waals surface area contributed by atoms with E-state index in [-0.39, 0.29) is 69.6 Å². The second-order valence-electron chi connectivity index (χ2n) is 17.9. The highest BCUT2D eigenvalue weighted by Gasteiger charge is 2.41. The van der Waals surface area contributed by atoms with Gasteiger partial charge in [-0.1, -0.05) is 42.5 Å². The maximum atomic E-state index is 14.7. The van der Waals surface area contributed by atoms with Gasteiger partial charge < -0.3 is 99.4 Å². The van der Waals surface area contributed by atoms with Crippen molar-refractivity contribution in [2.24, 2.45) is 22.2 Å². The van der Waals surface area contributed by atoms with Crippen LogP contribution in [0.2, 0.25) is 0 Å². The summed E-state index contributed by atoms with van der Waals surface area (Å²) in [5.41, 5.74) is 17.3. The van der Waals surface area contributed by atoms with Gasteiger partial charge in [0.05, 0.1) is 38.1 Å². The fourth-order valence-electron chi connectivity index (χ4n) is 7.57. The molecule has 0 saturated carbocycles. The van der Waals surface area contributed by atoms with Gasteiger partial charge in [-0.25, -0.2) is 4.57 Å². The number of phenols is 1. The summed E-state index contributed by atoms with van der Waals surface area (Å²) in [6.45, 7) is -1.02. The van der Waals surface area contributed by atoms with Crippen LogP contribution in [0.15, 0.2) is 59.6 Å². The van der Waals surface area contributed by atoms with Gasteiger partial charge in [-0.15, -0.1) is 0 Å². The van der Waals surface area contributed by atoms with Crippen LogP contribution < -0.4 is 54.4 Å². The van der Waals surface area contributed by atoms with Crippen LogP contribution in [0.1, 0.15) is 50.7 Å². The first-order valence-electron chi connectivity index (χ1n) is 24.1. The number of likely N-dealkylation sites (tertiary alicyclic amines) is 1. The molecule has 1 aliphatic rings. The van der Waals surface area contributed by atoms with E-state index in [1.807, 2.05) is 0 Å². The fraction of sp³-hybridized carbons (Fsp3) is 0.522. The van der Waals surface area contributed by atoms with Crippen molar-refractivity contribution < 1.29 is 87.6 Å². The van der Waals surface area contributed by atoms with Gasteiger partial charge in [-0.05, 0) is 62.8 Å². The molecule has 0 aromatic heterocycles. The average molecular weight is 1110 g/mol. The Morgan fingerprint density at radius 2 is 1.26 bits per heavy atom. The lowest BCUT2D eigenvalue weighted by molar-refractivity contribution is -0.143. The molecule has 31 heteroatoms. The zero-order chi connectivity index (χ0) is 57.6. The van der Waals surface area contributed by atoms with E-state index in [4.69, 9.17) is 17.2 Å². The van der Waals surface area contributed by atoms with Crippen molar-refractivity contribution in [3.05, 3.63) is 65.7 Å². The number of phosphoric ester groups is 1. The van der Waals surface area contributed by atoms with Gasteiger partial charge in [-0.3, -0.25) is 47.9 Å². The number of hydrogen-bond donors (Lipinski definition) is 17. The highest BCUT2D eigenvalue weighted by Crippen LogP contribution is 2.35. The van der Waals surface area contributed by atoms with E-state index in [0.717, 1.165) is 11.8 Å². The van der Waals surface area contributed by atoms with Gasteiger partial charge in [-0.2, -0.15) is 0 Å². The van der Waals surface area contributed by atoms with Crippen LogP contribution >= 0.6 is 7.82 Å². The summed E-state index contributed by atoms with van der Waals surface area (Å²) < 4.78 is 16.4. The Balaban J connectivity index is 1.90. The summed E-state index contributed by atoms with van der Waals surface area (Å²) in [5, 5.41) is 66.3. The number of aromatic hydroxyl groups is 1. The third-order valence-corrected chi connectivity index (χ3v) is 12.2. The topological polar surface area (TPSA) is 499 Å². The van der Waals surface area contributed by atoms with E-state index in [2.05, 4.69) is 46.7 Å². The van der Waals surface area contributed by atoms with Crippen LogP contribution in [0.5, 0.6) is 5.75 Å². The van der Waals surface area contributed by atoms with Crippen LogP contribution in [0.25, 0.3) is 0 Å². The zero-order valence-corrected chi connectivity index (χ0v) is 43.0. The monoisotopic (exact) mass is 1110 g/mol. The van der Waals surface area contributed by atoms with Crippen molar-refractivity contribution in [3.63, 3.8) is 0 Å². The maximum absolute atomic E-state index is 14.7. The number of nitrogens with one attached hydrogen (secondary N) is 7. The van der Waals surface area contributed by atoms with Crippen molar-refractivity contribution in [1.82, 2.24) is 42.1 Å². The van der Waals surface area contributed by atoms with Crippen LogP contribution in [0.4, 0.5) is 0 Å². The van der Waals surface area contributed by atoms with Crippen molar-refractivity contribution in [2.45, 2.75) is 119 Å². The molecule has 1 fully saturated rings. The second kappa shape index (κ2) is 31.2. The van der Waals surface area contributed by atoms with Gasteiger partial charge in [0.1, 0.15) is 60.4 Å². The minimum Gasteiger partial charge on any atom is -0.508 e. The number of benzene rings is 2. The molecule has 0 aliphatic carbocycles. The molecule has 11 atom stereocenters. The van der Waals surface area contributed by atoms with E-state index < -0.39 is 141 Å². The molecule has 1 aliphatic heterocycles. The molecule has 0 bridgehead atoms. The summed E-state index contributed by atoms with van der Waals surface area (Å²) in [7, 11) is -5.39. The molecule has 0 unspecified atom stereocenters. The molecule has 0 radical (unpaired) electrons. The molecule has 1 heterocycles. The third-order valence-electron chi connectivity index (χ3n) is 11.8. The third kappa shape index (κ3) is 21.4. The molecule has 20 N–H and O–H groups in total. The van der Waals surface area contributed by atoms with E-state index in [9.17, 15) is 83.0 Å². The molecule has 0 spiro atoms. The van der Waals surface area contributed by atoms with Crippen molar-refractivity contribution in [1.29, 1.82) is 0 Å². The highest BCUT2D eigenvalue weighted by molar-refractivity contribution is 7.46. The molecule has 77 heavy (non-hydrogen) atoms. The molecule has 8 amide bonds. The van der Waals surface area contributed by atoms with E-state index in [0.29, 0.717) is 11.1 Å². The van der Waals surface area contributed by atoms with E-state index >= 15 is 0 Å². The Morgan fingerprint density at radius 3 is 1.81 bits per heavy atom. The van der Waals surface area contributed by atoms with Crippen LogP contribution in [0.3, 0.4) is 0 Å². The number of amides is 8. The maximum Gasteiger partial charge on any atom is 0.469 e. The van der Waals surface area contributed by atoms with Crippen molar-refractivity contribution in [2.75, 3.05) is 32.9 Å². The molecule has 30 nitrogen and oxygen atoms in total. The SMILES string of the molecule is C[C@@H](O)[C@H](NC(=O)[C@H](Cc1ccc(O)cc1)NC(=O)[C@@H]1CCCN1C(=O)[C@H](Cc1ccccc1)NC(=O)[C@H](COP(=O)(O)O)NC(=O)[C@H](CO)NC(=O)[C@H](CO)NC(=O)[C@@H](N)CCCN=C(N)N)C(=O)N[C@H](C=O)[C@@H](C)O. The molecule has 2 aromatic carbocycles. The number of nitrogens with zero attached hydrogens (tertiary/aromatic N) is 2. The fourth-order valence-corrected chi connectivity index (χ4v) is 7.91. The minimum atomic E-state index is -5.39. The number of aliphatic hydroxyl groups is 4. The number of carbonyl (C=O) groups excluding carboxylic acids is 9. The predicted molar refractivity (Wildman–Crippen MR) is 270 cm³/mol. The Morgan fingerprint density at radius 1 is 0.727 bits per heavy atom. The summed E-state index contributed by atoms with van der Waals surface area (Å²) >= 11 is 0. The normalized spacial score (nSPS) is 17.2. The quantitative estimate of drug-likeness (QED) is 0.0110. The van der Waals surface area contributed by atoms with Crippen LogP contribution in [-0.4, -0.2) is 199 Å². The number of rotatable bonds is 31. The van der Waals surface area contributed by atoms with Gasteiger partial charge in [0.25, 0.3) is 0 Å². The van der Waals surface area contributed by atoms with Gasteiger partial charge in [0.15, 0.2) is 5.96 Å². The molecular weight excluding hydrogens is 1040 g/mol. The molecule has 1 saturated heterocycles. The number of aliphatic hydroxyl groups excluding tert-OH is 4. The minimum absolute atomic E-state index is 0.0135. The number of guanidine groups is 1. The zero-order valence-electron chi connectivity index (χ0n) is 42.1. The van der Waals surface area contributed by atoms with E-state index in [1.54, 1.807) is 30.3 Å². The molecule has 426 valence electrons. The van der Waals surface area contributed by atoms with Gasteiger partial charge in [0, 0.05) is 25.9 Å². The number of carbonyl (C=O) groups is 9. The smallest absolute Gasteiger partial charge is 0.469 e. The van der Waals surface area contributed by atoms with Crippen LogP contribution in [-0.2, 0) is 65.1 Å². The lowest BCUT2D eigenvalue weighted by atomic mass is 10.0. The summed E-state index contributed by atoms with van der Waals surface area (Å²) in [6, 6.07) is -0.992. The number of hydrogen-bond acceptors (Lipinski definition) is 18. The summed E-state index contributed by atoms with van der Waals surface area (Å²) in [6.07, 6.45) is -2.69. The number of phosphoric acid groups is 1. The Kier molecular flexibility index (Phi) is 26.0. The first-order valence-corrected chi connectivity index (χ1v) is 25.6. The molecule has 2 aromatic rings. The lowest BCUT2D eigenvalue weighted by Crippen LogP contribution is -2.62. The first kappa shape index (κ1) is 64.1. The second-order valence-corrected chi connectivity index (χ2v) is 19.1. The summed E-state index contributed by atoms with van der Waals surface area (Å²) in [4.78, 5) is 145. The van der Waals surface area contributed by atoms with Crippen molar-refractivity contribution in [3.8, 4) is 5.75 Å². The predicted octanol–water partition coefficient (Wildman–Crippen LogP) is -7.00. The Hall–Kier alpha value is -7.15. The van der Waals surface area contributed by atoms with E-state index in [1.165, 1.54) is 31.2 Å². The van der Waals surface area contributed by atoms with Crippen LogP contribution in [0, 0.1) is 0 Å². The molecular formula is C46H69N12O18P. The number of nitrogens with two attached hydrogens (primary N) is 3. The first-order chi connectivity index (χ1) is 36.3. The highest BCUT2D eigenvalue weighted by atomic mass is 31.2. The number of phenolic OH excluding ortho intramolecular Hbond substituents is 1. The Labute approximate surface area is 441 Å². The Bertz CT molecular complexity index is 2410. The lowest BCUT2D eigenvalue weighted by Gasteiger charge is -2.31. The average Bonchev–Trinajstić information content (AvgIpc) is 3.88. The standard InChI is InChI=1S/C46H69N12O18P/c1-24(62)32(20-59)53-44(71)37(25(2)63)57-39(66)30(18-27-12-14-28(64)15-13-27)51-43(70)36-11-7-17-58(36)45(72)31(19-26-8-4-3-5-9-26)52-42(69)35(23-76-77(73,74)75)56-41(68)34(22-61)55-40(67)33(21-60)54-38(65)29(47)10-6-16-50-46(48)49/h3-5,8-9,12-15,20,24-25,29-37,60-64H,6-7,10-11,16-19,21-23,47H2,1-2H3,(H,51,70)(H,52,69)(H,53,71)(H,54,65)(H,55,67)(H,56,68)(H,57,66)(H4,48,49,50)(H2,73,74,75)/t24-,25-,29+,30+,31+,32-,33+,34+,35+,36+,37+/m1/s1.